The molecule has 2 N–H and O–H groups in total. The summed E-state index contributed by atoms with van der Waals surface area (Å²) in [5.74, 6) is 0.945. The number of anilines is 3. The SMILES string of the molecule is C=C(C)N1CCN(c2nc3c(N4CCOCC4)nc(-c4cnc(N)nc4)nc3n2CC(F)(F)F)C[C@@H]1C. The van der Waals surface area contributed by atoms with Crippen LogP contribution in [0.4, 0.5) is 30.9 Å². The first kappa shape index (κ1) is 25.0. The lowest BCUT2D eigenvalue weighted by Crippen LogP contribution is -2.51. The van der Waals surface area contributed by atoms with Crippen LogP contribution in [-0.4, -0.2) is 92.5 Å². The van der Waals surface area contributed by atoms with Crippen molar-refractivity contribution in [2.75, 3.05) is 61.5 Å². The second-order valence-electron chi connectivity index (χ2n) is 9.31. The molecule has 5 rings (SSSR count). The molecule has 5 heterocycles. The molecule has 0 unspecified atom stereocenters. The zero-order valence-corrected chi connectivity index (χ0v) is 20.7. The van der Waals surface area contributed by atoms with Gasteiger partial charge in [-0.15, -0.1) is 0 Å². The van der Waals surface area contributed by atoms with Crippen LogP contribution >= 0.6 is 0 Å². The molecule has 11 nitrogen and oxygen atoms in total. The quantitative estimate of drug-likeness (QED) is 0.540. The molecule has 0 radical (unpaired) electrons. The van der Waals surface area contributed by atoms with Gasteiger partial charge in [0.25, 0.3) is 0 Å². The van der Waals surface area contributed by atoms with E-state index in [-0.39, 0.29) is 29.4 Å². The number of nitrogens with zero attached hydrogens (tertiary/aromatic N) is 9. The van der Waals surface area contributed by atoms with Gasteiger partial charge in [0.2, 0.25) is 11.9 Å². The van der Waals surface area contributed by atoms with Crippen molar-refractivity contribution in [3.05, 3.63) is 24.7 Å². The summed E-state index contributed by atoms with van der Waals surface area (Å²) < 4.78 is 48.2. The summed E-state index contributed by atoms with van der Waals surface area (Å²) in [6, 6.07) is 0.0534. The van der Waals surface area contributed by atoms with Crippen LogP contribution in [0.15, 0.2) is 24.7 Å². The minimum Gasteiger partial charge on any atom is -0.378 e. The van der Waals surface area contributed by atoms with Crippen molar-refractivity contribution < 1.29 is 17.9 Å². The van der Waals surface area contributed by atoms with Crippen LogP contribution in [0.5, 0.6) is 0 Å². The highest BCUT2D eigenvalue weighted by molar-refractivity contribution is 5.88. The van der Waals surface area contributed by atoms with Crippen LogP contribution in [0.25, 0.3) is 22.6 Å². The van der Waals surface area contributed by atoms with E-state index in [4.69, 9.17) is 20.4 Å². The number of halogens is 3. The van der Waals surface area contributed by atoms with Crippen LogP contribution in [0, 0.1) is 0 Å². The van der Waals surface area contributed by atoms with Crippen LogP contribution in [-0.2, 0) is 11.3 Å². The number of alkyl halides is 3. The molecule has 3 aromatic heterocycles. The molecule has 1 atom stereocenters. The first-order chi connectivity index (χ1) is 17.6. The Hall–Kier alpha value is -3.68. The number of aromatic nitrogens is 6. The second kappa shape index (κ2) is 9.65. The Morgan fingerprint density at radius 3 is 2.41 bits per heavy atom. The van der Waals surface area contributed by atoms with Crippen molar-refractivity contribution in [1.82, 2.24) is 34.4 Å². The summed E-state index contributed by atoms with van der Waals surface area (Å²) >= 11 is 0. The first-order valence-electron chi connectivity index (χ1n) is 12.0. The number of hydrogen-bond acceptors (Lipinski definition) is 10. The number of imidazole rings is 1. The molecule has 2 aliphatic rings. The third kappa shape index (κ3) is 5.10. The number of ether oxygens (including phenoxy) is 1. The van der Waals surface area contributed by atoms with Gasteiger partial charge in [-0.3, -0.25) is 4.57 Å². The maximum atomic E-state index is 13.9. The molecule has 14 heteroatoms. The normalized spacial score (nSPS) is 19.1. The Morgan fingerprint density at radius 1 is 1.08 bits per heavy atom. The average molecular weight is 519 g/mol. The Morgan fingerprint density at radius 2 is 1.78 bits per heavy atom. The fourth-order valence-corrected chi connectivity index (χ4v) is 4.83. The predicted molar refractivity (Wildman–Crippen MR) is 133 cm³/mol. The molecule has 198 valence electrons. The number of nitrogen functional groups attached to an aromatic ring is 1. The van der Waals surface area contributed by atoms with Gasteiger partial charge in [0, 0.05) is 56.9 Å². The summed E-state index contributed by atoms with van der Waals surface area (Å²) in [5.41, 5.74) is 7.40. The largest absolute Gasteiger partial charge is 0.406 e. The van der Waals surface area contributed by atoms with Gasteiger partial charge in [0.05, 0.1) is 18.8 Å². The van der Waals surface area contributed by atoms with Crippen LogP contribution in [0.3, 0.4) is 0 Å². The molecule has 0 bridgehead atoms. The smallest absolute Gasteiger partial charge is 0.378 e. The molecule has 3 aromatic rings. The zero-order chi connectivity index (χ0) is 26.3. The van der Waals surface area contributed by atoms with Crippen LogP contribution in [0.2, 0.25) is 0 Å². The number of fused-ring (bicyclic) bond motifs is 1. The third-order valence-corrected chi connectivity index (χ3v) is 6.53. The molecule has 2 aliphatic heterocycles. The molecule has 2 saturated heterocycles. The zero-order valence-electron chi connectivity index (χ0n) is 20.7. The van der Waals surface area contributed by atoms with Gasteiger partial charge in [-0.25, -0.2) is 24.9 Å². The van der Waals surface area contributed by atoms with E-state index < -0.39 is 12.7 Å². The number of rotatable bonds is 5. The van der Waals surface area contributed by atoms with Gasteiger partial charge in [-0.1, -0.05) is 6.58 Å². The molecule has 37 heavy (non-hydrogen) atoms. The summed E-state index contributed by atoms with van der Waals surface area (Å²) in [6.45, 7) is 10.4. The number of piperazine rings is 1. The van der Waals surface area contributed by atoms with Crippen molar-refractivity contribution >= 4 is 28.9 Å². The lowest BCUT2D eigenvalue weighted by molar-refractivity contribution is -0.139. The highest BCUT2D eigenvalue weighted by atomic mass is 19.4. The summed E-state index contributed by atoms with van der Waals surface area (Å²) in [6.07, 6.45) is -1.57. The van der Waals surface area contributed by atoms with Gasteiger partial charge in [-0.05, 0) is 13.8 Å². The number of hydrogen-bond donors (Lipinski definition) is 1. The maximum Gasteiger partial charge on any atom is 0.406 e. The fourth-order valence-electron chi connectivity index (χ4n) is 4.83. The Kier molecular flexibility index (Phi) is 6.52. The van der Waals surface area contributed by atoms with Crippen molar-refractivity contribution in [2.24, 2.45) is 0 Å². The fraction of sp³-hybridized carbons (Fsp3) is 0.522. The second-order valence-corrected chi connectivity index (χ2v) is 9.31. The van der Waals surface area contributed by atoms with E-state index in [9.17, 15) is 13.2 Å². The van der Waals surface area contributed by atoms with Crippen molar-refractivity contribution in [2.45, 2.75) is 32.6 Å². The van der Waals surface area contributed by atoms with E-state index >= 15 is 0 Å². The minimum atomic E-state index is -4.48. The van der Waals surface area contributed by atoms with E-state index in [2.05, 4.69) is 26.4 Å². The van der Waals surface area contributed by atoms with Crippen molar-refractivity contribution in [1.29, 1.82) is 0 Å². The predicted octanol–water partition coefficient (Wildman–Crippen LogP) is 2.31. The highest BCUT2D eigenvalue weighted by Crippen LogP contribution is 2.34. The van der Waals surface area contributed by atoms with E-state index in [1.54, 1.807) is 0 Å². The number of nitrogens with two attached hydrogens (primary N) is 1. The standard InChI is InChI=1S/C23H29F3N10O/c1-14(2)35-5-4-34(12-15(35)3)22-30-17-19(33-6-8-37-9-7-33)31-18(16-10-28-21(27)29-11-16)32-20(17)36(22)13-23(24,25)26/h10-11,15H,1,4-9,12-13H2,2-3H3,(H2,27,28,29)/t15-/m0/s1. The van der Waals surface area contributed by atoms with Crippen LogP contribution < -0.4 is 15.5 Å². The average Bonchev–Trinajstić information content (AvgIpc) is 3.21. The van der Waals surface area contributed by atoms with Gasteiger partial charge in [0.1, 0.15) is 6.54 Å². The third-order valence-electron chi connectivity index (χ3n) is 6.53. The summed E-state index contributed by atoms with van der Waals surface area (Å²) in [5, 5.41) is 0. The number of allylic oxidation sites excluding steroid dienone is 1. The Balaban J connectivity index is 1.68. The Labute approximate surface area is 211 Å². The first-order valence-corrected chi connectivity index (χ1v) is 12.0. The van der Waals surface area contributed by atoms with E-state index in [0.717, 1.165) is 10.3 Å². The molecule has 0 spiro atoms. The lowest BCUT2D eigenvalue weighted by atomic mass is 10.2. The molecule has 0 saturated carbocycles. The summed E-state index contributed by atoms with van der Waals surface area (Å²) in [7, 11) is 0. The van der Waals surface area contributed by atoms with Crippen LogP contribution in [0.1, 0.15) is 13.8 Å². The van der Waals surface area contributed by atoms with Gasteiger partial charge in [0.15, 0.2) is 22.8 Å². The lowest BCUT2D eigenvalue weighted by Gasteiger charge is -2.41. The van der Waals surface area contributed by atoms with Gasteiger partial charge < -0.3 is 25.2 Å². The monoisotopic (exact) mass is 518 g/mol. The van der Waals surface area contributed by atoms with Gasteiger partial charge >= 0.3 is 6.18 Å². The molecule has 0 amide bonds. The molecular weight excluding hydrogens is 489 g/mol. The topological polar surface area (TPSA) is 114 Å². The van der Waals surface area contributed by atoms with Gasteiger partial charge in [-0.2, -0.15) is 13.2 Å². The maximum absolute atomic E-state index is 13.9. The van der Waals surface area contributed by atoms with Crippen molar-refractivity contribution in [3.8, 4) is 11.4 Å². The Bertz CT molecular complexity index is 1290. The molecular formula is C23H29F3N10O. The molecule has 0 aromatic carbocycles. The molecule has 0 aliphatic carbocycles. The van der Waals surface area contributed by atoms with E-state index in [1.807, 2.05) is 23.6 Å². The molecule has 2 fully saturated rings. The minimum absolute atomic E-state index is 0.0534. The van der Waals surface area contributed by atoms with E-state index in [1.165, 1.54) is 12.4 Å². The summed E-state index contributed by atoms with van der Waals surface area (Å²) in [4.78, 5) is 28.0. The van der Waals surface area contributed by atoms with Crippen molar-refractivity contribution in [3.63, 3.8) is 0 Å². The van der Waals surface area contributed by atoms with E-state index in [0.29, 0.717) is 62.8 Å². The highest BCUT2D eigenvalue weighted by Gasteiger charge is 2.35. The number of morpholine rings is 1.